The summed E-state index contributed by atoms with van der Waals surface area (Å²) < 4.78 is 1.83. The molecule has 0 aliphatic heterocycles. The van der Waals surface area contributed by atoms with Crippen LogP contribution >= 0.6 is 23.2 Å². The third kappa shape index (κ3) is 4.95. The summed E-state index contributed by atoms with van der Waals surface area (Å²) in [5.74, 6) is 0.926. The van der Waals surface area contributed by atoms with Crippen molar-refractivity contribution in [1.29, 1.82) is 0 Å². The van der Waals surface area contributed by atoms with Gasteiger partial charge in [0.2, 0.25) is 0 Å². The monoisotopic (exact) mass is 431 g/mol. The largest absolute Gasteiger partial charge is 0.363 e. The number of carbonyl (C=O) groups is 1. The van der Waals surface area contributed by atoms with E-state index in [0.717, 1.165) is 27.9 Å². The second kappa shape index (κ2) is 8.93. The molecule has 0 bridgehead atoms. The van der Waals surface area contributed by atoms with E-state index < -0.39 is 0 Å². The molecule has 6 nitrogen and oxygen atoms in total. The first-order valence-corrected chi connectivity index (χ1v) is 10.1. The second-order valence-electron chi connectivity index (χ2n) is 7.20. The first-order valence-electron chi connectivity index (χ1n) is 9.35. The van der Waals surface area contributed by atoms with E-state index in [2.05, 4.69) is 35.8 Å². The number of halogens is 2. The lowest BCUT2D eigenvalue weighted by Crippen LogP contribution is -2.17. The molecule has 3 heterocycles. The number of carbonyl (C=O) groups excluding carboxylic acids is 1. The van der Waals surface area contributed by atoms with E-state index in [9.17, 15) is 4.79 Å². The van der Waals surface area contributed by atoms with Gasteiger partial charge in [-0.15, -0.1) is 6.58 Å². The molecule has 0 unspecified atom stereocenters. The Hall–Kier alpha value is -2.44. The zero-order chi connectivity index (χ0) is 21.1. The van der Waals surface area contributed by atoms with Crippen LogP contribution in [0.4, 0.5) is 5.82 Å². The van der Waals surface area contributed by atoms with Crippen LogP contribution in [0.3, 0.4) is 0 Å². The molecule has 0 spiro atoms. The molecule has 0 saturated carbocycles. The smallest absolute Gasteiger partial charge is 0.161 e. The molecule has 3 aromatic rings. The molecule has 152 valence electrons. The highest BCUT2D eigenvalue weighted by atomic mass is 35.5. The van der Waals surface area contributed by atoms with Crippen LogP contribution in [0.1, 0.15) is 36.6 Å². The van der Waals surface area contributed by atoms with Crippen LogP contribution in [0.25, 0.3) is 11.0 Å². The second-order valence-corrected chi connectivity index (χ2v) is 7.97. The molecule has 3 aromatic heterocycles. The van der Waals surface area contributed by atoms with Gasteiger partial charge in [0.05, 0.1) is 18.8 Å². The summed E-state index contributed by atoms with van der Waals surface area (Å²) in [6.07, 6.45) is 2.00. The molecule has 3 rings (SSSR count). The fourth-order valence-electron chi connectivity index (χ4n) is 3.28. The van der Waals surface area contributed by atoms with Gasteiger partial charge >= 0.3 is 0 Å². The molecule has 0 amide bonds. The average molecular weight is 432 g/mol. The molecule has 0 atom stereocenters. The van der Waals surface area contributed by atoms with Crippen LogP contribution in [0.2, 0.25) is 10.3 Å². The number of rotatable bonds is 8. The van der Waals surface area contributed by atoms with E-state index in [1.807, 2.05) is 17.7 Å². The Labute approximate surface area is 179 Å². The molecule has 8 heteroatoms. The van der Waals surface area contributed by atoms with Crippen LogP contribution in [-0.2, 0) is 17.8 Å². The summed E-state index contributed by atoms with van der Waals surface area (Å²) in [7, 11) is 0. The number of anilines is 1. The summed E-state index contributed by atoms with van der Waals surface area (Å²) in [6.45, 7) is 10.7. The molecular weight excluding hydrogens is 409 g/mol. The Morgan fingerprint density at radius 1 is 1.24 bits per heavy atom. The minimum Gasteiger partial charge on any atom is -0.363 e. The molecule has 0 aliphatic carbocycles. The van der Waals surface area contributed by atoms with Crippen molar-refractivity contribution in [2.24, 2.45) is 0 Å². The lowest BCUT2D eigenvalue weighted by molar-refractivity contribution is -0.116. The van der Waals surface area contributed by atoms with Crippen molar-refractivity contribution in [3.05, 3.63) is 58.0 Å². The van der Waals surface area contributed by atoms with Crippen LogP contribution in [-0.4, -0.2) is 32.1 Å². The van der Waals surface area contributed by atoms with E-state index in [-0.39, 0.29) is 35.0 Å². The van der Waals surface area contributed by atoms with Gasteiger partial charge in [-0.2, -0.15) is 5.10 Å². The van der Waals surface area contributed by atoms with Gasteiger partial charge in [0, 0.05) is 11.8 Å². The van der Waals surface area contributed by atoms with Crippen LogP contribution in [0.5, 0.6) is 0 Å². The summed E-state index contributed by atoms with van der Waals surface area (Å²) in [5, 5.41) is 9.34. The van der Waals surface area contributed by atoms with E-state index in [4.69, 9.17) is 28.2 Å². The van der Waals surface area contributed by atoms with E-state index in [1.54, 1.807) is 18.2 Å². The Kier molecular flexibility index (Phi) is 6.55. The first-order chi connectivity index (χ1) is 13.8. The maximum absolute atomic E-state index is 12.4. The minimum absolute atomic E-state index is 0.00731. The number of ketones is 1. The standard InChI is InChI=1S/C21H23Cl2N5O/c1-5-6-28-21-20(13(4)27-28)16(12(2)3)10-19(26-21)24-11-15(29)7-14-8-17(22)25-18(23)9-14/h5,8-10,12H,1,6-7,11H2,2-4H3,(H,24,26). The number of Topliss-reactive ketones (excluding diaryl/α,β-unsaturated/α-hetero) is 1. The topological polar surface area (TPSA) is 72.7 Å². The molecule has 0 aliphatic rings. The minimum atomic E-state index is -0.00731. The fourth-order valence-corrected chi connectivity index (χ4v) is 3.78. The van der Waals surface area contributed by atoms with Crippen molar-refractivity contribution >= 4 is 45.8 Å². The number of hydrogen-bond acceptors (Lipinski definition) is 5. The van der Waals surface area contributed by atoms with Crippen molar-refractivity contribution in [3.63, 3.8) is 0 Å². The van der Waals surface area contributed by atoms with Crippen molar-refractivity contribution in [3.8, 4) is 0 Å². The number of nitrogens with one attached hydrogen (secondary N) is 1. The third-order valence-corrected chi connectivity index (χ3v) is 4.91. The van der Waals surface area contributed by atoms with Gasteiger partial charge in [0.1, 0.15) is 16.1 Å². The lowest BCUT2D eigenvalue weighted by atomic mass is 9.99. The summed E-state index contributed by atoms with van der Waals surface area (Å²) in [4.78, 5) is 21.0. The Morgan fingerprint density at radius 3 is 2.55 bits per heavy atom. The number of allylic oxidation sites excluding steroid dienone is 1. The van der Waals surface area contributed by atoms with Gasteiger partial charge in [-0.3, -0.25) is 4.79 Å². The Balaban J connectivity index is 1.83. The van der Waals surface area contributed by atoms with Crippen molar-refractivity contribution < 1.29 is 4.79 Å². The fraction of sp³-hybridized carbons (Fsp3) is 0.333. The predicted octanol–water partition coefficient (Wildman–Crippen LogP) is 4.97. The molecule has 0 saturated heterocycles. The molecule has 0 radical (unpaired) electrons. The summed E-state index contributed by atoms with van der Waals surface area (Å²) >= 11 is 11.8. The number of pyridine rings is 2. The zero-order valence-electron chi connectivity index (χ0n) is 16.7. The first kappa shape index (κ1) is 21.3. The van der Waals surface area contributed by atoms with Crippen LogP contribution in [0, 0.1) is 6.92 Å². The Morgan fingerprint density at radius 2 is 1.93 bits per heavy atom. The van der Waals surface area contributed by atoms with Gasteiger partial charge in [-0.05, 0) is 42.2 Å². The van der Waals surface area contributed by atoms with Gasteiger partial charge in [-0.1, -0.05) is 43.1 Å². The highest BCUT2D eigenvalue weighted by molar-refractivity contribution is 6.32. The quantitative estimate of drug-likeness (QED) is 0.402. The van der Waals surface area contributed by atoms with Crippen molar-refractivity contribution in [2.45, 2.75) is 39.7 Å². The SMILES string of the molecule is C=CCn1nc(C)c2c(C(C)C)cc(NCC(=O)Cc3cc(Cl)nc(Cl)c3)nc21. The van der Waals surface area contributed by atoms with E-state index >= 15 is 0 Å². The normalized spacial score (nSPS) is 11.2. The highest BCUT2D eigenvalue weighted by Gasteiger charge is 2.17. The van der Waals surface area contributed by atoms with Crippen LogP contribution in [0.15, 0.2) is 30.9 Å². The average Bonchev–Trinajstić information content (AvgIpc) is 2.94. The van der Waals surface area contributed by atoms with Crippen molar-refractivity contribution in [2.75, 3.05) is 11.9 Å². The van der Waals surface area contributed by atoms with Crippen LogP contribution < -0.4 is 5.32 Å². The van der Waals surface area contributed by atoms with Gasteiger partial charge in [0.15, 0.2) is 11.4 Å². The van der Waals surface area contributed by atoms with Gasteiger partial charge in [0.25, 0.3) is 0 Å². The Bertz CT molecular complexity index is 1050. The number of nitrogens with zero attached hydrogens (tertiary/aromatic N) is 4. The zero-order valence-corrected chi connectivity index (χ0v) is 18.2. The molecule has 0 fully saturated rings. The number of aryl methyl sites for hydroxylation is 1. The molecular formula is C21H23Cl2N5O. The van der Waals surface area contributed by atoms with Gasteiger partial charge < -0.3 is 5.32 Å². The lowest BCUT2D eigenvalue weighted by Gasteiger charge is -2.12. The number of hydrogen-bond donors (Lipinski definition) is 1. The maximum Gasteiger partial charge on any atom is 0.161 e. The van der Waals surface area contributed by atoms with Crippen molar-refractivity contribution in [1.82, 2.24) is 19.7 Å². The highest BCUT2D eigenvalue weighted by Crippen LogP contribution is 2.29. The van der Waals surface area contributed by atoms with Gasteiger partial charge in [-0.25, -0.2) is 14.6 Å². The third-order valence-electron chi connectivity index (χ3n) is 4.52. The maximum atomic E-state index is 12.4. The van der Waals surface area contributed by atoms with E-state index in [0.29, 0.717) is 12.4 Å². The molecule has 0 aromatic carbocycles. The molecule has 29 heavy (non-hydrogen) atoms. The van der Waals surface area contributed by atoms with E-state index in [1.165, 1.54) is 0 Å². The number of aromatic nitrogens is 4. The predicted molar refractivity (Wildman–Crippen MR) is 118 cm³/mol. The summed E-state index contributed by atoms with van der Waals surface area (Å²) in [6, 6.07) is 5.28. The molecule has 1 N–H and O–H groups in total. The number of fused-ring (bicyclic) bond motifs is 1. The summed E-state index contributed by atoms with van der Waals surface area (Å²) in [5.41, 5.74) is 3.60.